The van der Waals surface area contributed by atoms with Gasteiger partial charge in [0.1, 0.15) is 11.9 Å². The SMILES string of the molecule is O=C(O)CC1CC2=C(CCCC2=O)O1. The first kappa shape index (κ1) is 9.24. The molecule has 1 unspecified atom stereocenters. The number of carboxylic acid groups (broad SMARTS) is 1. The second kappa shape index (κ2) is 3.44. The van der Waals surface area contributed by atoms with Gasteiger partial charge in [0.05, 0.1) is 6.42 Å². The predicted octanol–water partition coefficient (Wildman–Crippen LogP) is 1.26. The molecule has 1 aliphatic heterocycles. The van der Waals surface area contributed by atoms with Crippen molar-refractivity contribution in [3.63, 3.8) is 0 Å². The summed E-state index contributed by atoms with van der Waals surface area (Å²) in [6.07, 6.45) is 2.36. The number of allylic oxidation sites excluding steroid dienone is 1. The van der Waals surface area contributed by atoms with Gasteiger partial charge in [-0.2, -0.15) is 0 Å². The quantitative estimate of drug-likeness (QED) is 0.722. The lowest BCUT2D eigenvalue weighted by molar-refractivity contribution is -0.139. The fraction of sp³-hybridized carbons (Fsp3) is 0.600. The summed E-state index contributed by atoms with van der Waals surface area (Å²) in [6.45, 7) is 0. The van der Waals surface area contributed by atoms with Gasteiger partial charge >= 0.3 is 5.97 Å². The summed E-state index contributed by atoms with van der Waals surface area (Å²) < 4.78 is 5.42. The Kier molecular flexibility index (Phi) is 2.27. The number of Topliss-reactive ketones (excluding diaryl/α,β-unsaturated/α-hetero) is 1. The van der Waals surface area contributed by atoms with Gasteiger partial charge < -0.3 is 9.84 Å². The van der Waals surface area contributed by atoms with Crippen LogP contribution >= 0.6 is 0 Å². The van der Waals surface area contributed by atoms with Crippen molar-refractivity contribution < 1.29 is 19.4 Å². The van der Waals surface area contributed by atoms with Gasteiger partial charge in [-0.15, -0.1) is 0 Å². The van der Waals surface area contributed by atoms with Crippen molar-refractivity contribution in [1.29, 1.82) is 0 Å². The van der Waals surface area contributed by atoms with Gasteiger partial charge in [-0.05, 0) is 6.42 Å². The molecule has 0 aromatic rings. The number of hydrogen-bond donors (Lipinski definition) is 1. The largest absolute Gasteiger partial charge is 0.493 e. The number of aliphatic carboxylic acids is 1. The van der Waals surface area contributed by atoms with Gasteiger partial charge in [0.25, 0.3) is 0 Å². The highest BCUT2D eigenvalue weighted by Crippen LogP contribution is 2.34. The molecule has 0 radical (unpaired) electrons. The first-order chi connectivity index (χ1) is 6.66. The van der Waals surface area contributed by atoms with Crippen LogP contribution in [0.15, 0.2) is 11.3 Å². The Bertz CT molecular complexity index is 316. The van der Waals surface area contributed by atoms with E-state index in [4.69, 9.17) is 9.84 Å². The zero-order valence-electron chi connectivity index (χ0n) is 7.78. The van der Waals surface area contributed by atoms with Crippen molar-refractivity contribution in [2.45, 2.75) is 38.2 Å². The highest BCUT2D eigenvalue weighted by Gasteiger charge is 2.33. The minimum absolute atomic E-state index is 0.0136. The topological polar surface area (TPSA) is 63.6 Å². The molecule has 1 atom stereocenters. The Morgan fingerprint density at radius 3 is 2.93 bits per heavy atom. The monoisotopic (exact) mass is 196 g/mol. The average Bonchev–Trinajstić information content (AvgIpc) is 2.47. The van der Waals surface area contributed by atoms with Crippen LogP contribution in [0.1, 0.15) is 32.1 Å². The summed E-state index contributed by atoms with van der Waals surface area (Å²) in [6, 6.07) is 0. The Balaban J connectivity index is 2.04. The van der Waals surface area contributed by atoms with Crippen LogP contribution < -0.4 is 0 Å². The lowest BCUT2D eigenvalue weighted by atomic mass is 9.94. The van der Waals surface area contributed by atoms with E-state index in [0.29, 0.717) is 12.8 Å². The third-order valence-corrected chi connectivity index (χ3v) is 2.62. The molecule has 4 nitrogen and oxygen atoms in total. The summed E-state index contributed by atoms with van der Waals surface area (Å²) >= 11 is 0. The molecule has 0 saturated heterocycles. The molecule has 1 N–H and O–H groups in total. The molecule has 0 aromatic heterocycles. The molecular weight excluding hydrogens is 184 g/mol. The van der Waals surface area contributed by atoms with E-state index in [1.807, 2.05) is 0 Å². The summed E-state index contributed by atoms with van der Waals surface area (Å²) in [4.78, 5) is 21.9. The van der Waals surface area contributed by atoms with E-state index >= 15 is 0 Å². The van der Waals surface area contributed by atoms with Crippen LogP contribution in [0.5, 0.6) is 0 Å². The molecule has 0 amide bonds. The molecule has 4 heteroatoms. The molecular formula is C10H12O4. The van der Waals surface area contributed by atoms with Crippen LogP contribution in [0.3, 0.4) is 0 Å². The number of hydrogen-bond acceptors (Lipinski definition) is 3. The summed E-state index contributed by atoms with van der Waals surface area (Å²) in [5.41, 5.74) is 0.738. The maximum Gasteiger partial charge on any atom is 0.307 e. The Morgan fingerprint density at radius 1 is 1.50 bits per heavy atom. The summed E-state index contributed by atoms with van der Waals surface area (Å²) in [5, 5.41) is 8.59. The second-order valence-corrected chi connectivity index (χ2v) is 3.72. The number of carbonyl (C=O) groups excluding carboxylic acids is 1. The predicted molar refractivity (Wildman–Crippen MR) is 47.6 cm³/mol. The molecule has 0 bridgehead atoms. The fourth-order valence-electron chi connectivity index (χ4n) is 2.00. The van der Waals surface area contributed by atoms with E-state index in [0.717, 1.165) is 24.2 Å². The van der Waals surface area contributed by atoms with Gasteiger partial charge in [-0.1, -0.05) is 0 Å². The van der Waals surface area contributed by atoms with E-state index < -0.39 is 5.97 Å². The van der Waals surface area contributed by atoms with E-state index in [-0.39, 0.29) is 18.3 Å². The van der Waals surface area contributed by atoms with Gasteiger partial charge in [0.2, 0.25) is 0 Å². The number of ether oxygens (including phenoxy) is 1. The van der Waals surface area contributed by atoms with Crippen molar-refractivity contribution in [2.75, 3.05) is 0 Å². The Labute approximate surface area is 81.6 Å². The standard InChI is InChI=1S/C10H12O4/c11-8-2-1-3-9-7(8)4-6(14-9)5-10(12)13/h6H,1-5H2,(H,12,13). The van der Waals surface area contributed by atoms with E-state index in [1.165, 1.54) is 0 Å². The zero-order chi connectivity index (χ0) is 10.1. The minimum atomic E-state index is -0.873. The van der Waals surface area contributed by atoms with Gasteiger partial charge in [-0.3, -0.25) is 9.59 Å². The number of carboxylic acids is 1. The molecule has 0 spiro atoms. The third kappa shape index (κ3) is 1.64. The second-order valence-electron chi connectivity index (χ2n) is 3.72. The van der Waals surface area contributed by atoms with Crippen molar-refractivity contribution in [3.8, 4) is 0 Å². The average molecular weight is 196 g/mol. The van der Waals surface area contributed by atoms with Gasteiger partial charge in [-0.25, -0.2) is 0 Å². The van der Waals surface area contributed by atoms with E-state index in [2.05, 4.69) is 0 Å². The summed E-state index contributed by atoms with van der Waals surface area (Å²) in [7, 11) is 0. The van der Waals surface area contributed by atoms with Gasteiger partial charge in [0, 0.05) is 24.8 Å². The highest BCUT2D eigenvalue weighted by atomic mass is 16.5. The lowest BCUT2D eigenvalue weighted by Crippen LogP contribution is -2.12. The Morgan fingerprint density at radius 2 is 2.29 bits per heavy atom. The van der Waals surface area contributed by atoms with Crippen molar-refractivity contribution in [2.24, 2.45) is 0 Å². The molecule has 0 aromatic carbocycles. The molecule has 2 aliphatic rings. The van der Waals surface area contributed by atoms with Crippen LogP contribution in [-0.4, -0.2) is 23.0 Å². The third-order valence-electron chi connectivity index (χ3n) is 2.62. The lowest BCUT2D eigenvalue weighted by Gasteiger charge is -2.12. The first-order valence-electron chi connectivity index (χ1n) is 4.80. The maximum atomic E-state index is 11.4. The normalized spacial score (nSPS) is 26.0. The van der Waals surface area contributed by atoms with Gasteiger partial charge in [0.15, 0.2) is 5.78 Å². The van der Waals surface area contributed by atoms with E-state index in [1.54, 1.807) is 0 Å². The smallest absolute Gasteiger partial charge is 0.307 e. The maximum absolute atomic E-state index is 11.4. The minimum Gasteiger partial charge on any atom is -0.493 e. The number of carbonyl (C=O) groups is 2. The molecule has 0 saturated carbocycles. The van der Waals surface area contributed by atoms with Crippen molar-refractivity contribution in [3.05, 3.63) is 11.3 Å². The Hall–Kier alpha value is -1.32. The fourth-order valence-corrected chi connectivity index (χ4v) is 2.00. The van der Waals surface area contributed by atoms with Crippen LogP contribution in [0.2, 0.25) is 0 Å². The molecule has 0 fully saturated rings. The summed E-state index contributed by atoms with van der Waals surface area (Å²) in [5.74, 6) is 0.00827. The van der Waals surface area contributed by atoms with Crippen molar-refractivity contribution in [1.82, 2.24) is 0 Å². The number of ketones is 1. The van der Waals surface area contributed by atoms with E-state index in [9.17, 15) is 9.59 Å². The van der Waals surface area contributed by atoms with Crippen LogP contribution in [-0.2, 0) is 14.3 Å². The van der Waals surface area contributed by atoms with Crippen LogP contribution in [0.25, 0.3) is 0 Å². The molecule has 1 heterocycles. The molecule has 2 rings (SSSR count). The molecule has 1 aliphatic carbocycles. The van der Waals surface area contributed by atoms with Crippen LogP contribution in [0, 0.1) is 0 Å². The first-order valence-corrected chi connectivity index (χ1v) is 4.80. The molecule has 76 valence electrons. The number of rotatable bonds is 2. The highest BCUT2D eigenvalue weighted by molar-refractivity contribution is 5.97. The van der Waals surface area contributed by atoms with Crippen molar-refractivity contribution >= 4 is 11.8 Å². The molecule has 14 heavy (non-hydrogen) atoms. The van der Waals surface area contributed by atoms with Crippen LogP contribution in [0.4, 0.5) is 0 Å². The zero-order valence-corrected chi connectivity index (χ0v) is 7.78.